The highest BCUT2D eigenvalue weighted by Crippen LogP contribution is 2.22. The molecule has 1 aromatic heterocycles. The average molecular weight is 212 g/mol. The molecule has 14 heavy (non-hydrogen) atoms. The van der Waals surface area contributed by atoms with Crippen LogP contribution in [0.4, 0.5) is 0 Å². The van der Waals surface area contributed by atoms with E-state index in [2.05, 4.69) is 15.7 Å². The highest BCUT2D eigenvalue weighted by atomic mass is 35.5. The number of fused-ring (bicyclic) bond motifs is 1. The van der Waals surface area contributed by atoms with Gasteiger partial charge in [0.25, 0.3) is 0 Å². The Morgan fingerprint density at radius 2 is 2.43 bits per heavy atom. The number of hydrogen-bond donors (Lipinski definition) is 2. The maximum atomic E-state index is 5.91. The summed E-state index contributed by atoms with van der Waals surface area (Å²) in [5, 5.41) is 8.36. The number of rotatable bonds is 3. The van der Waals surface area contributed by atoms with E-state index in [1.165, 1.54) is 0 Å². The molecule has 0 aliphatic rings. The van der Waals surface area contributed by atoms with Crippen molar-refractivity contribution in [1.29, 1.82) is 0 Å². The minimum absolute atomic E-state index is 0.569. The van der Waals surface area contributed by atoms with Gasteiger partial charge in [-0.25, -0.2) is 0 Å². The van der Waals surface area contributed by atoms with Crippen molar-refractivity contribution in [3.63, 3.8) is 0 Å². The van der Waals surface area contributed by atoms with Gasteiger partial charge in [-0.15, -0.1) is 0 Å². The van der Waals surface area contributed by atoms with Crippen LogP contribution >= 0.6 is 11.6 Å². The minimum Gasteiger partial charge on any atom is -0.305 e. The molecule has 1 heterocycles. The van der Waals surface area contributed by atoms with E-state index < -0.39 is 0 Å². The van der Waals surface area contributed by atoms with Gasteiger partial charge in [0.05, 0.1) is 12.6 Å². The van der Waals surface area contributed by atoms with Crippen molar-refractivity contribution in [3.8, 4) is 0 Å². The molecular formula is C9H10ClN3O. The molecular weight excluding hydrogens is 202 g/mol. The Bertz CT molecular complexity index is 441. The maximum absolute atomic E-state index is 5.91. The first-order valence-electron chi connectivity index (χ1n) is 4.20. The van der Waals surface area contributed by atoms with Crippen LogP contribution in [0.1, 0.15) is 5.56 Å². The summed E-state index contributed by atoms with van der Waals surface area (Å²) in [7, 11) is 1.58. The van der Waals surface area contributed by atoms with Crippen LogP contribution in [0.15, 0.2) is 18.2 Å². The fraction of sp³-hybridized carbons (Fsp3) is 0.222. The molecule has 0 saturated heterocycles. The zero-order valence-electron chi connectivity index (χ0n) is 7.67. The van der Waals surface area contributed by atoms with Crippen molar-refractivity contribution in [1.82, 2.24) is 15.7 Å². The van der Waals surface area contributed by atoms with Crippen LogP contribution in [0.25, 0.3) is 10.9 Å². The van der Waals surface area contributed by atoms with E-state index >= 15 is 0 Å². The van der Waals surface area contributed by atoms with Gasteiger partial charge in [-0.05, 0) is 11.6 Å². The molecule has 74 valence electrons. The lowest BCUT2D eigenvalue weighted by Gasteiger charge is -2.02. The number of para-hydroxylation sites is 1. The summed E-state index contributed by atoms with van der Waals surface area (Å²) < 4.78 is 0. The predicted molar refractivity (Wildman–Crippen MR) is 55.0 cm³/mol. The summed E-state index contributed by atoms with van der Waals surface area (Å²) >= 11 is 5.91. The summed E-state index contributed by atoms with van der Waals surface area (Å²) in [4.78, 5) is 4.78. The summed E-state index contributed by atoms with van der Waals surface area (Å²) in [5.74, 6) is 0. The second-order valence-electron chi connectivity index (χ2n) is 2.88. The van der Waals surface area contributed by atoms with Crippen LogP contribution in [0, 0.1) is 0 Å². The van der Waals surface area contributed by atoms with E-state index in [9.17, 15) is 0 Å². The second kappa shape index (κ2) is 3.96. The van der Waals surface area contributed by atoms with Crippen molar-refractivity contribution in [3.05, 3.63) is 28.9 Å². The number of hydrogen-bond acceptors (Lipinski definition) is 3. The first-order valence-corrected chi connectivity index (χ1v) is 4.58. The molecule has 0 radical (unpaired) electrons. The third kappa shape index (κ3) is 1.59. The molecule has 2 aromatic rings. The molecule has 2 rings (SSSR count). The summed E-state index contributed by atoms with van der Waals surface area (Å²) in [6, 6.07) is 5.85. The van der Waals surface area contributed by atoms with Crippen molar-refractivity contribution in [2.75, 3.05) is 7.11 Å². The summed E-state index contributed by atoms with van der Waals surface area (Å²) in [6.45, 7) is 0.606. The zero-order chi connectivity index (χ0) is 9.97. The van der Waals surface area contributed by atoms with Crippen molar-refractivity contribution in [2.24, 2.45) is 0 Å². The van der Waals surface area contributed by atoms with Gasteiger partial charge in [0, 0.05) is 11.9 Å². The molecule has 0 amide bonds. The van der Waals surface area contributed by atoms with Gasteiger partial charge in [-0.2, -0.15) is 10.6 Å². The van der Waals surface area contributed by atoms with Gasteiger partial charge in [-0.3, -0.25) is 5.10 Å². The summed E-state index contributed by atoms with van der Waals surface area (Å²) in [5.41, 5.74) is 4.69. The van der Waals surface area contributed by atoms with Crippen LogP contribution in [0.2, 0.25) is 5.15 Å². The molecule has 4 nitrogen and oxygen atoms in total. The molecule has 0 aliphatic heterocycles. The van der Waals surface area contributed by atoms with Crippen molar-refractivity contribution < 1.29 is 4.84 Å². The molecule has 0 saturated carbocycles. The highest BCUT2D eigenvalue weighted by molar-refractivity contribution is 6.34. The Morgan fingerprint density at radius 3 is 3.21 bits per heavy atom. The Labute approximate surface area is 86.2 Å². The second-order valence-corrected chi connectivity index (χ2v) is 3.25. The van der Waals surface area contributed by atoms with Gasteiger partial charge in [-0.1, -0.05) is 23.7 Å². The molecule has 0 unspecified atom stereocenters. The normalized spacial score (nSPS) is 11.0. The van der Waals surface area contributed by atoms with Gasteiger partial charge in [0.15, 0.2) is 0 Å². The standard InChI is InChI=1S/C9H10ClN3O/c1-14-11-5-6-3-2-4-7-8(6)12-13-9(7)10/h2-4,11H,5H2,1H3,(H,12,13). The number of aromatic nitrogens is 2. The fourth-order valence-electron chi connectivity index (χ4n) is 1.36. The van der Waals surface area contributed by atoms with E-state index in [-0.39, 0.29) is 0 Å². The summed E-state index contributed by atoms with van der Waals surface area (Å²) in [6.07, 6.45) is 0. The largest absolute Gasteiger partial charge is 0.305 e. The molecule has 0 fully saturated rings. The number of benzene rings is 1. The lowest BCUT2D eigenvalue weighted by atomic mass is 10.1. The van der Waals surface area contributed by atoms with E-state index in [1.54, 1.807) is 7.11 Å². The van der Waals surface area contributed by atoms with Gasteiger partial charge in [0.2, 0.25) is 0 Å². The van der Waals surface area contributed by atoms with Crippen LogP contribution < -0.4 is 5.48 Å². The number of H-pyrrole nitrogens is 1. The number of aromatic amines is 1. The average Bonchev–Trinajstić information content (AvgIpc) is 2.58. The lowest BCUT2D eigenvalue weighted by Crippen LogP contribution is -2.10. The fourth-order valence-corrected chi connectivity index (χ4v) is 1.55. The lowest BCUT2D eigenvalue weighted by molar-refractivity contribution is 0.0870. The van der Waals surface area contributed by atoms with Crippen molar-refractivity contribution >= 4 is 22.5 Å². The number of halogens is 1. The smallest absolute Gasteiger partial charge is 0.132 e. The Kier molecular flexibility index (Phi) is 2.67. The zero-order valence-corrected chi connectivity index (χ0v) is 8.43. The van der Waals surface area contributed by atoms with Crippen molar-refractivity contribution in [2.45, 2.75) is 6.54 Å². The number of nitrogens with zero attached hydrogens (tertiary/aromatic N) is 1. The third-order valence-electron chi connectivity index (χ3n) is 2.03. The molecule has 5 heteroatoms. The molecule has 0 spiro atoms. The van der Waals surface area contributed by atoms with E-state index in [0.29, 0.717) is 11.7 Å². The van der Waals surface area contributed by atoms with Crippen LogP contribution in [-0.2, 0) is 11.4 Å². The SMILES string of the molecule is CONCc1cccc2c(Cl)[nH]nc12. The van der Waals surface area contributed by atoms with Crippen LogP contribution in [-0.4, -0.2) is 17.3 Å². The van der Waals surface area contributed by atoms with E-state index in [1.807, 2.05) is 18.2 Å². The van der Waals surface area contributed by atoms with E-state index in [4.69, 9.17) is 16.4 Å². The molecule has 0 atom stereocenters. The monoisotopic (exact) mass is 211 g/mol. The number of nitrogens with one attached hydrogen (secondary N) is 2. The minimum atomic E-state index is 0.569. The van der Waals surface area contributed by atoms with Gasteiger partial charge < -0.3 is 4.84 Å². The topological polar surface area (TPSA) is 49.9 Å². The first-order chi connectivity index (χ1) is 6.83. The molecule has 0 aliphatic carbocycles. The Morgan fingerprint density at radius 1 is 1.57 bits per heavy atom. The van der Waals surface area contributed by atoms with Crippen LogP contribution in [0.3, 0.4) is 0 Å². The molecule has 1 aromatic carbocycles. The Balaban J connectivity index is 2.44. The maximum Gasteiger partial charge on any atom is 0.132 e. The molecule has 2 N–H and O–H groups in total. The predicted octanol–water partition coefficient (Wildman–Crippen LogP) is 1.87. The Hall–Kier alpha value is -1.10. The number of hydroxylamine groups is 1. The van der Waals surface area contributed by atoms with E-state index in [0.717, 1.165) is 16.5 Å². The first kappa shape index (κ1) is 9.45. The third-order valence-corrected chi connectivity index (χ3v) is 2.32. The van der Waals surface area contributed by atoms with Gasteiger partial charge >= 0.3 is 0 Å². The molecule has 0 bridgehead atoms. The van der Waals surface area contributed by atoms with Crippen LogP contribution in [0.5, 0.6) is 0 Å². The highest BCUT2D eigenvalue weighted by Gasteiger charge is 2.06. The van der Waals surface area contributed by atoms with Gasteiger partial charge in [0.1, 0.15) is 5.15 Å². The quantitative estimate of drug-likeness (QED) is 0.763.